The second-order valence-corrected chi connectivity index (χ2v) is 6.78. The molecule has 26 heavy (non-hydrogen) atoms. The van der Waals surface area contributed by atoms with Crippen LogP contribution in [0.25, 0.3) is 5.65 Å². The Morgan fingerprint density at radius 2 is 2.08 bits per heavy atom. The molecule has 1 aliphatic rings. The summed E-state index contributed by atoms with van der Waals surface area (Å²) < 4.78 is 7.72. The molecule has 1 saturated heterocycles. The predicted molar refractivity (Wildman–Crippen MR) is 99.9 cm³/mol. The standard InChI is InChI=1S/C19H24N6O/c1-24(14-16-11-20-18-6-2-3-7-25(16)18)13-15-9-21-19(22-10-15)23-12-17-5-4-8-26-17/h2-3,6-7,9-11,17H,4-5,8,12-14H2,1H3,(H,21,22,23)/t17-/m1/s1. The Bertz CT molecular complexity index is 841. The zero-order valence-electron chi connectivity index (χ0n) is 15.0. The molecule has 0 radical (unpaired) electrons. The van der Waals surface area contributed by atoms with Crippen LogP contribution in [0.4, 0.5) is 5.95 Å². The van der Waals surface area contributed by atoms with Crippen LogP contribution in [0.1, 0.15) is 24.1 Å². The normalized spacial score (nSPS) is 17.2. The number of rotatable bonds is 7. The Kier molecular flexibility index (Phi) is 5.08. The van der Waals surface area contributed by atoms with Gasteiger partial charge in [0.15, 0.2) is 0 Å². The molecule has 3 aromatic heterocycles. The molecule has 0 bridgehead atoms. The van der Waals surface area contributed by atoms with Gasteiger partial charge in [0.2, 0.25) is 5.95 Å². The molecule has 1 fully saturated rings. The minimum atomic E-state index is 0.287. The van der Waals surface area contributed by atoms with Gasteiger partial charge in [0.1, 0.15) is 5.65 Å². The summed E-state index contributed by atoms with van der Waals surface area (Å²) in [5, 5.41) is 3.25. The Morgan fingerprint density at radius 1 is 1.19 bits per heavy atom. The van der Waals surface area contributed by atoms with E-state index in [0.717, 1.165) is 50.3 Å². The topological polar surface area (TPSA) is 67.6 Å². The lowest BCUT2D eigenvalue weighted by atomic mass is 10.2. The van der Waals surface area contributed by atoms with Crippen molar-refractivity contribution in [3.63, 3.8) is 0 Å². The van der Waals surface area contributed by atoms with Crippen LogP contribution in [0.5, 0.6) is 0 Å². The predicted octanol–water partition coefficient (Wildman–Crippen LogP) is 2.35. The maximum atomic E-state index is 5.60. The Labute approximate surface area is 153 Å². The molecule has 136 valence electrons. The lowest BCUT2D eigenvalue weighted by Gasteiger charge is -2.16. The summed E-state index contributed by atoms with van der Waals surface area (Å²) in [6.07, 6.45) is 10.3. The van der Waals surface area contributed by atoms with Crippen molar-refractivity contribution in [1.82, 2.24) is 24.3 Å². The lowest BCUT2D eigenvalue weighted by molar-refractivity contribution is 0.120. The molecule has 7 heteroatoms. The number of nitrogens with zero attached hydrogens (tertiary/aromatic N) is 5. The van der Waals surface area contributed by atoms with E-state index < -0.39 is 0 Å². The highest BCUT2D eigenvalue weighted by Crippen LogP contribution is 2.13. The van der Waals surface area contributed by atoms with Gasteiger partial charge >= 0.3 is 0 Å². The lowest BCUT2D eigenvalue weighted by Crippen LogP contribution is -2.20. The third-order valence-corrected chi connectivity index (χ3v) is 4.60. The molecule has 1 aliphatic heterocycles. The zero-order valence-corrected chi connectivity index (χ0v) is 15.0. The van der Waals surface area contributed by atoms with Crippen LogP contribution in [0.15, 0.2) is 43.0 Å². The van der Waals surface area contributed by atoms with E-state index in [4.69, 9.17) is 4.74 Å². The van der Waals surface area contributed by atoms with Crippen LogP contribution in [-0.2, 0) is 17.8 Å². The fourth-order valence-electron chi connectivity index (χ4n) is 3.28. The van der Waals surface area contributed by atoms with Gasteiger partial charge in [-0.25, -0.2) is 15.0 Å². The minimum absolute atomic E-state index is 0.287. The number of hydrogen-bond acceptors (Lipinski definition) is 6. The van der Waals surface area contributed by atoms with Gasteiger partial charge in [0.25, 0.3) is 0 Å². The smallest absolute Gasteiger partial charge is 0.222 e. The van der Waals surface area contributed by atoms with Gasteiger partial charge in [-0.3, -0.25) is 4.90 Å². The van der Waals surface area contributed by atoms with E-state index in [9.17, 15) is 0 Å². The van der Waals surface area contributed by atoms with Gasteiger partial charge in [-0.15, -0.1) is 0 Å². The van der Waals surface area contributed by atoms with Crippen LogP contribution >= 0.6 is 0 Å². The van der Waals surface area contributed by atoms with Gasteiger partial charge in [-0.2, -0.15) is 0 Å². The van der Waals surface area contributed by atoms with Crippen molar-refractivity contribution in [3.05, 3.63) is 54.2 Å². The first kappa shape index (κ1) is 16.9. The molecular weight excluding hydrogens is 328 g/mol. The fourth-order valence-corrected chi connectivity index (χ4v) is 3.28. The highest BCUT2D eigenvalue weighted by Gasteiger charge is 2.15. The molecule has 0 aliphatic carbocycles. The third-order valence-electron chi connectivity index (χ3n) is 4.60. The summed E-state index contributed by atoms with van der Waals surface area (Å²) in [7, 11) is 2.09. The van der Waals surface area contributed by atoms with Crippen LogP contribution in [0.2, 0.25) is 0 Å². The molecule has 4 rings (SSSR count). The number of imidazole rings is 1. The van der Waals surface area contributed by atoms with Crippen molar-refractivity contribution in [2.75, 3.05) is 25.5 Å². The summed E-state index contributed by atoms with van der Waals surface area (Å²) in [6.45, 7) is 3.23. The summed E-state index contributed by atoms with van der Waals surface area (Å²) in [6, 6.07) is 6.04. The van der Waals surface area contributed by atoms with Crippen molar-refractivity contribution in [1.29, 1.82) is 0 Å². The second kappa shape index (κ2) is 7.80. The van der Waals surface area contributed by atoms with E-state index >= 15 is 0 Å². The van der Waals surface area contributed by atoms with E-state index in [1.165, 1.54) is 5.69 Å². The SMILES string of the molecule is CN(Cc1cnc(NC[C@H]2CCCO2)nc1)Cc1cnc2ccccn12. The molecule has 0 amide bonds. The van der Waals surface area contributed by atoms with Crippen LogP contribution < -0.4 is 5.32 Å². The third kappa shape index (κ3) is 4.00. The van der Waals surface area contributed by atoms with Gasteiger partial charge in [0, 0.05) is 50.4 Å². The van der Waals surface area contributed by atoms with Crippen molar-refractivity contribution in [2.24, 2.45) is 0 Å². The Morgan fingerprint density at radius 3 is 2.88 bits per heavy atom. The zero-order chi connectivity index (χ0) is 17.8. The molecule has 0 aromatic carbocycles. The van der Waals surface area contributed by atoms with Crippen LogP contribution in [0.3, 0.4) is 0 Å². The number of ether oxygens (including phenoxy) is 1. The van der Waals surface area contributed by atoms with E-state index in [2.05, 4.69) is 36.6 Å². The number of hydrogen-bond donors (Lipinski definition) is 1. The molecule has 0 saturated carbocycles. The highest BCUT2D eigenvalue weighted by atomic mass is 16.5. The highest BCUT2D eigenvalue weighted by molar-refractivity contribution is 5.39. The molecule has 0 spiro atoms. The van der Waals surface area contributed by atoms with Crippen molar-refractivity contribution < 1.29 is 4.74 Å². The van der Waals surface area contributed by atoms with E-state index in [1.54, 1.807) is 0 Å². The summed E-state index contributed by atoms with van der Waals surface area (Å²) >= 11 is 0. The quantitative estimate of drug-likeness (QED) is 0.704. The molecule has 1 atom stereocenters. The average molecular weight is 352 g/mol. The monoisotopic (exact) mass is 352 g/mol. The largest absolute Gasteiger partial charge is 0.376 e. The molecule has 3 aromatic rings. The summed E-state index contributed by atoms with van der Waals surface area (Å²) in [5.74, 6) is 0.661. The first-order chi connectivity index (χ1) is 12.8. The maximum absolute atomic E-state index is 5.60. The number of pyridine rings is 1. The second-order valence-electron chi connectivity index (χ2n) is 6.78. The molecular formula is C19H24N6O. The van der Waals surface area contributed by atoms with Gasteiger partial charge in [-0.1, -0.05) is 6.07 Å². The minimum Gasteiger partial charge on any atom is -0.376 e. The van der Waals surface area contributed by atoms with Gasteiger partial charge in [0.05, 0.1) is 18.0 Å². The van der Waals surface area contributed by atoms with Crippen LogP contribution in [0, 0.1) is 0 Å². The first-order valence-corrected chi connectivity index (χ1v) is 9.04. The summed E-state index contributed by atoms with van der Waals surface area (Å²) in [5.41, 5.74) is 3.23. The van der Waals surface area contributed by atoms with Crippen LogP contribution in [-0.4, -0.2) is 50.6 Å². The molecule has 4 heterocycles. The number of anilines is 1. The Balaban J connectivity index is 1.31. The van der Waals surface area contributed by atoms with Crippen molar-refractivity contribution in [2.45, 2.75) is 32.0 Å². The molecule has 7 nitrogen and oxygen atoms in total. The average Bonchev–Trinajstić information content (AvgIpc) is 3.32. The maximum Gasteiger partial charge on any atom is 0.222 e. The number of fused-ring (bicyclic) bond motifs is 1. The van der Waals surface area contributed by atoms with Crippen molar-refractivity contribution >= 4 is 11.6 Å². The Hall–Kier alpha value is -2.51. The summed E-state index contributed by atoms with van der Waals surface area (Å²) in [4.78, 5) is 15.5. The van der Waals surface area contributed by atoms with Gasteiger partial charge in [-0.05, 0) is 32.0 Å². The molecule has 0 unspecified atom stereocenters. The van der Waals surface area contributed by atoms with E-state index in [1.807, 2.05) is 43.0 Å². The van der Waals surface area contributed by atoms with E-state index in [-0.39, 0.29) is 6.10 Å². The fraction of sp³-hybridized carbons (Fsp3) is 0.421. The van der Waals surface area contributed by atoms with Gasteiger partial charge < -0.3 is 14.5 Å². The first-order valence-electron chi connectivity index (χ1n) is 9.04. The van der Waals surface area contributed by atoms with E-state index in [0.29, 0.717) is 5.95 Å². The molecule has 1 N–H and O–H groups in total. The number of aromatic nitrogens is 4. The van der Waals surface area contributed by atoms with Crippen molar-refractivity contribution in [3.8, 4) is 0 Å². The number of nitrogens with one attached hydrogen (secondary N) is 1.